The molecule has 0 aliphatic rings. The maximum atomic E-state index is 4.81. The minimum absolute atomic E-state index is 0.107. The van der Waals surface area contributed by atoms with Crippen LogP contribution in [0, 0.1) is 7.14 Å². The number of rotatable bonds is 3. The first-order chi connectivity index (χ1) is 14.3. The fourth-order valence-electron chi connectivity index (χ4n) is 3.08. The topological polar surface area (TPSA) is 38.7 Å². The summed E-state index contributed by atoms with van der Waals surface area (Å²) in [6.07, 6.45) is 0. The summed E-state index contributed by atoms with van der Waals surface area (Å²) in [7, 11) is 0. The molecule has 0 fully saturated rings. The molecular weight excluding hydrogens is 596 g/mol. The van der Waals surface area contributed by atoms with Gasteiger partial charge in [0.15, 0.2) is 17.5 Å². The molecule has 150 valence electrons. The van der Waals surface area contributed by atoms with Gasteiger partial charge in [0, 0.05) is 23.8 Å². The Morgan fingerprint density at radius 3 is 1.10 bits per heavy atom. The van der Waals surface area contributed by atoms with Gasteiger partial charge in [-0.2, -0.15) is 0 Å². The Hall–Kier alpha value is -1.87. The minimum atomic E-state index is 0.107. The zero-order valence-electron chi connectivity index (χ0n) is 17.0. The standard InChI is InChI=1S/C25H21I2N3/c1-25(2,3)19-10-4-16(5-11-19)22-28-23(17-6-12-20(26)13-7-17)30-24(29-22)18-8-14-21(27)15-9-18/h4-15H,1-3H3. The van der Waals surface area contributed by atoms with Crippen LogP contribution in [0.2, 0.25) is 0 Å². The van der Waals surface area contributed by atoms with E-state index < -0.39 is 0 Å². The van der Waals surface area contributed by atoms with E-state index in [0.717, 1.165) is 16.7 Å². The number of halogens is 2. The van der Waals surface area contributed by atoms with E-state index in [9.17, 15) is 0 Å². The van der Waals surface area contributed by atoms with Crippen molar-refractivity contribution in [1.29, 1.82) is 0 Å². The summed E-state index contributed by atoms with van der Waals surface area (Å²) >= 11 is 4.61. The lowest BCUT2D eigenvalue weighted by molar-refractivity contribution is 0.590. The Balaban J connectivity index is 1.85. The van der Waals surface area contributed by atoms with E-state index in [1.165, 1.54) is 12.7 Å². The van der Waals surface area contributed by atoms with Crippen LogP contribution >= 0.6 is 45.2 Å². The molecule has 4 rings (SSSR count). The maximum absolute atomic E-state index is 4.81. The van der Waals surface area contributed by atoms with E-state index in [-0.39, 0.29) is 5.41 Å². The average molecular weight is 617 g/mol. The molecule has 0 saturated heterocycles. The molecule has 0 aliphatic heterocycles. The third-order valence-corrected chi connectivity index (χ3v) is 6.29. The maximum Gasteiger partial charge on any atom is 0.164 e. The SMILES string of the molecule is CC(C)(C)c1ccc(-c2nc(-c3ccc(I)cc3)nc(-c3ccc(I)cc3)n2)cc1. The van der Waals surface area contributed by atoms with Crippen molar-refractivity contribution in [3.8, 4) is 34.2 Å². The number of hydrogen-bond donors (Lipinski definition) is 0. The summed E-state index contributed by atoms with van der Waals surface area (Å²) < 4.78 is 2.36. The summed E-state index contributed by atoms with van der Waals surface area (Å²) in [6.45, 7) is 6.65. The van der Waals surface area contributed by atoms with E-state index in [1.54, 1.807) is 0 Å². The molecule has 30 heavy (non-hydrogen) atoms. The molecule has 1 heterocycles. The van der Waals surface area contributed by atoms with Gasteiger partial charge < -0.3 is 0 Å². The smallest absolute Gasteiger partial charge is 0.164 e. The molecule has 0 amide bonds. The second-order valence-corrected chi connectivity index (χ2v) is 10.6. The van der Waals surface area contributed by atoms with Gasteiger partial charge in [-0.15, -0.1) is 0 Å². The van der Waals surface area contributed by atoms with Crippen LogP contribution in [0.15, 0.2) is 72.8 Å². The van der Waals surface area contributed by atoms with Crippen molar-refractivity contribution in [3.63, 3.8) is 0 Å². The lowest BCUT2D eigenvalue weighted by Gasteiger charge is -2.19. The molecule has 0 unspecified atom stereocenters. The van der Waals surface area contributed by atoms with Gasteiger partial charge in [0.25, 0.3) is 0 Å². The Kier molecular flexibility index (Phi) is 6.20. The summed E-state index contributed by atoms with van der Waals surface area (Å²) in [5, 5.41) is 0. The van der Waals surface area contributed by atoms with Crippen molar-refractivity contribution in [2.24, 2.45) is 0 Å². The highest BCUT2D eigenvalue weighted by Gasteiger charge is 2.15. The van der Waals surface area contributed by atoms with Crippen molar-refractivity contribution < 1.29 is 0 Å². The van der Waals surface area contributed by atoms with E-state index in [1.807, 2.05) is 0 Å². The van der Waals surface area contributed by atoms with Gasteiger partial charge in [-0.1, -0.05) is 69.3 Å². The first kappa shape index (κ1) is 21.4. The number of hydrogen-bond acceptors (Lipinski definition) is 3. The molecule has 5 heteroatoms. The first-order valence-corrected chi connectivity index (χ1v) is 11.8. The van der Waals surface area contributed by atoms with Gasteiger partial charge in [0.1, 0.15) is 0 Å². The Morgan fingerprint density at radius 1 is 0.500 bits per heavy atom. The van der Waals surface area contributed by atoms with Crippen LogP contribution in [0.3, 0.4) is 0 Å². The molecule has 0 spiro atoms. The lowest BCUT2D eigenvalue weighted by Crippen LogP contribution is -2.10. The summed E-state index contributed by atoms with van der Waals surface area (Å²) in [6, 6.07) is 25.0. The molecule has 0 aliphatic carbocycles. The second-order valence-electron chi connectivity index (χ2n) is 8.15. The summed E-state index contributed by atoms with van der Waals surface area (Å²) in [4.78, 5) is 14.4. The Morgan fingerprint density at radius 2 is 0.800 bits per heavy atom. The molecule has 3 aromatic carbocycles. The minimum Gasteiger partial charge on any atom is -0.208 e. The average Bonchev–Trinajstić information content (AvgIpc) is 2.74. The summed E-state index contributed by atoms with van der Waals surface area (Å²) in [5.41, 5.74) is 4.35. The van der Waals surface area contributed by atoms with Gasteiger partial charge >= 0.3 is 0 Å². The van der Waals surface area contributed by atoms with Crippen molar-refractivity contribution in [3.05, 3.63) is 85.5 Å². The summed E-state index contributed by atoms with van der Waals surface area (Å²) in [5.74, 6) is 2.06. The quantitative estimate of drug-likeness (QED) is 0.226. The van der Waals surface area contributed by atoms with Gasteiger partial charge in [-0.3, -0.25) is 0 Å². The molecule has 0 radical (unpaired) electrons. The Bertz CT molecular complexity index is 1100. The van der Waals surface area contributed by atoms with Gasteiger partial charge in [-0.25, -0.2) is 15.0 Å². The van der Waals surface area contributed by atoms with Crippen molar-refractivity contribution in [2.75, 3.05) is 0 Å². The third-order valence-electron chi connectivity index (χ3n) is 4.85. The molecule has 0 N–H and O–H groups in total. The van der Waals surface area contributed by atoms with E-state index in [2.05, 4.69) is 139 Å². The fraction of sp³-hybridized carbons (Fsp3) is 0.160. The number of benzene rings is 3. The van der Waals surface area contributed by atoms with Crippen LogP contribution in [-0.2, 0) is 5.41 Å². The van der Waals surface area contributed by atoms with Gasteiger partial charge in [0.05, 0.1) is 0 Å². The fourth-order valence-corrected chi connectivity index (χ4v) is 3.80. The monoisotopic (exact) mass is 617 g/mol. The number of aromatic nitrogens is 3. The third kappa shape index (κ3) is 4.88. The van der Waals surface area contributed by atoms with Crippen molar-refractivity contribution in [1.82, 2.24) is 15.0 Å². The largest absolute Gasteiger partial charge is 0.208 e. The van der Waals surface area contributed by atoms with E-state index >= 15 is 0 Å². The molecule has 3 nitrogen and oxygen atoms in total. The van der Waals surface area contributed by atoms with Crippen molar-refractivity contribution in [2.45, 2.75) is 26.2 Å². The van der Waals surface area contributed by atoms with E-state index in [0.29, 0.717) is 17.5 Å². The molecular formula is C25H21I2N3. The Labute approximate surface area is 204 Å². The second kappa shape index (κ2) is 8.70. The van der Waals surface area contributed by atoms with E-state index in [4.69, 9.17) is 15.0 Å². The van der Waals surface area contributed by atoms with Crippen LogP contribution in [0.25, 0.3) is 34.2 Å². The zero-order valence-corrected chi connectivity index (χ0v) is 21.3. The lowest BCUT2D eigenvalue weighted by atomic mass is 9.87. The molecule has 0 bridgehead atoms. The van der Waals surface area contributed by atoms with Crippen molar-refractivity contribution >= 4 is 45.2 Å². The predicted molar refractivity (Wildman–Crippen MR) is 140 cm³/mol. The van der Waals surface area contributed by atoms with Crippen LogP contribution in [0.5, 0.6) is 0 Å². The van der Waals surface area contributed by atoms with Crippen LogP contribution in [0.1, 0.15) is 26.3 Å². The highest BCUT2D eigenvalue weighted by molar-refractivity contribution is 14.1. The van der Waals surface area contributed by atoms with Gasteiger partial charge in [-0.05, 0) is 80.4 Å². The predicted octanol–water partition coefficient (Wildman–Crippen LogP) is 7.38. The van der Waals surface area contributed by atoms with Crippen LogP contribution in [0.4, 0.5) is 0 Å². The zero-order chi connectivity index (χ0) is 21.3. The number of nitrogens with zero attached hydrogens (tertiary/aromatic N) is 3. The molecule has 1 aromatic heterocycles. The normalized spacial score (nSPS) is 11.5. The first-order valence-electron chi connectivity index (χ1n) is 9.68. The van der Waals surface area contributed by atoms with Crippen LogP contribution in [-0.4, -0.2) is 15.0 Å². The van der Waals surface area contributed by atoms with Crippen LogP contribution < -0.4 is 0 Å². The molecule has 0 saturated carbocycles. The van der Waals surface area contributed by atoms with Gasteiger partial charge in [0.2, 0.25) is 0 Å². The molecule has 4 aromatic rings. The highest BCUT2D eigenvalue weighted by Crippen LogP contribution is 2.28. The highest BCUT2D eigenvalue weighted by atomic mass is 127. The molecule has 0 atom stereocenters.